The number of rotatable bonds is 18. The van der Waals surface area contributed by atoms with Crippen molar-refractivity contribution in [2.75, 3.05) is 13.2 Å². The highest BCUT2D eigenvalue weighted by molar-refractivity contribution is 5.28. The highest BCUT2D eigenvalue weighted by Gasteiger charge is 2.40. The number of hydrogen-bond acceptors (Lipinski definition) is 2. The maximum Gasteiger partial charge on any atom is 0.123 e. The van der Waals surface area contributed by atoms with Crippen molar-refractivity contribution in [1.29, 1.82) is 0 Å². The highest BCUT2D eigenvalue weighted by atomic mass is 16.6. The predicted molar refractivity (Wildman–Crippen MR) is 120 cm³/mol. The summed E-state index contributed by atoms with van der Waals surface area (Å²) in [4.78, 5) is 0. The Bertz CT molecular complexity index is 507. The van der Waals surface area contributed by atoms with Crippen LogP contribution in [0.15, 0.2) is 24.3 Å². The van der Waals surface area contributed by atoms with Crippen LogP contribution >= 0.6 is 0 Å². The van der Waals surface area contributed by atoms with Gasteiger partial charge in [0.1, 0.15) is 18.0 Å². The summed E-state index contributed by atoms with van der Waals surface area (Å²) in [6, 6.07) is 8.60. The van der Waals surface area contributed by atoms with Crippen LogP contribution in [-0.4, -0.2) is 18.8 Å². The first-order valence-corrected chi connectivity index (χ1v) is 12.1. The number of epoxide rings is 1. The maximum atomic E-state index is 5.87. The third-order valence-corrected chi connectivity index (χ3v) is 5.90. The van der Waals surface area contributed by atoms with Gasteiger partial charge in [0.05, 0.1) is 6.61 Å². The predicted octanol–water partition coefficient (Wildman–Crippen LogP) is 7.88. The van der Waals surface area contributed by atoms with Crippen LogP contribution in [-0.2, 0) is 11.2 Å². The Morgan fingerprint density at radius 1 is 0.821 bits per heavy atom. The molecule has 2 heteroatoms. The van der Waals surface area contributed by atoms with Crippen LogP contribution in [0, 0.1) is 0 Å². The van der Waals surface area contributed by atoms with Crippen molar-refractivity contribution in [3.8, 4) is 5.75 Å². The molecule has 1 heterocycles. The van der Waals surface area contributed by atoms with Gasteiger partial charge in [-0.05, 0) is 37.5 Å². The van der Waals surface area contributed by atoms with Gasteiger partial charge in [-0.25, -0.2) is 0 Å². The second kappa shape index (κ2) is 14.0. The molecule has 0 bridgehead atoms. The van der Waals surface area contributed by atoms with Crippen molar-refractivity contribution >= 4 is 0 Å². The van der Waals surface area contributed by atoms with Crippen LogP contribution in [0.2, 0.25) is 0 Å². The Morgan fingerprint density at radius 2 is 1.36 bits per heavy atom. The van der Waals surface area contributed by atoms with E-state index in [1.54, 1.807) is 0 Å². The molecule has 1 fully saturated rings. The molecular weight excluding hydrogens is 344 g/mol. The van der Waals surface area contributed by atoms with Crippen LogP contribution < -0.4 is 4.74 Å². The molecule has 1 aromatic rings. The standard InChI is InChI=1S/C26H44O2/c1-3-4-5-6-7-8-9-10-11-12-13-14-15-16-18-24-19-17-20-25(21-24)27-22-26(2)23-28-26/h17,19-21H,3-16,18,22-23H2,1-2H3. The molecule has 1 saturated heterocycles. The normalized spacial score (nSPS) is 18.4. The molecule has 1 aliphatic rings. The fourth-order valence-corrected chi connectivity index (χ4v) is 3.76. The summed E-state index contributed by atoms with van der Waals surface area (Å²) in [6.45, 7) is 5.88. The van der Waals surface area contributed by atoms with E-state index in [4.69, 9.17) is 9.47 Å². The van der Waals surface area contributed by atoms with Crippen molar-refractivity contribution in [2.45, 2.75) is 116 Å². The Balaban J connectivity index is 1.38. The molecule has 2 nitrogen and oxygen atoms in total. The number of aryl methyl sites for hydroxylation is 1. The monoisotopic (exact) mass is 388 g/mol. The fourth-order valence-electron chi connectivity index (χ4n) is 3.76. The Labute approximate surface area is 174 Å². The van der Waals surface area contributed by atoms with Crippen LogP contribution in [0.1, 0.15) is 109 Å². The smallest absolute Gasteiger partial charge is 0.123 e. The lowest BCUT2D eigenvalue weighted by atomic mass is 10.0. The third-order valence-electron chi connectivity index (χ3n) is 5.90. The van der Waals surface area contributed by atoms with Crippen molar-refractivity contribution in [3.05, 3.63) is 29.8 Å². The van der Waals surface area contributed by atoms with Gasteiger partial charge in [0.25, 0.3) is 0 Å². The summed E-state index contributed by atoms with van der Waals surface area (Å²) in [6.07, 6.45) is 21.0. The number of hydrogen-bond donors (Lipinski definition) is 0. The molecule has 0 aromatic heterocycles. The lowest BCUT2D eigenvalue weighted by molar-refractivity contribution is 0.202. The second-order valence-corrected chi connectivity index (χ2v) is 9.02. The quantitative estimate of drug-likeness (QED) is 0.188. The average molecular weight is 389 g/mol. The summed E-state index contributed by atoms with van der Waals surface area (Å²) < 4.78 is 11.3. The molecular formula is C26H44O2. The van der Waals surface area contributed by atoms with E-state index in [1.165, 1.54) is 102 Å². The van der Waals surface area contributed by atoms with Gasteiger partial charge in [-0.15, -0.1) is 0 Å². The third kappa shape index (κ3) is 11.1. The van der Waals surface area contributed by atoms with Gasteiger partial charge in [0.15, 0.2) is 0 Å². The average Bonchev–Trinajstić information content (AvgIpc) is 3.45. The van der Waals surface area contributed by atoms with E-state index >= 15 is 0 Å². The fraction of sp³-hybridized carbons (Fsp3) is 0.769. The molecule has 0 spiro atoms. The zero-order chi connectivity index (χ0) is 19.9. The minimum Gasteiger partial charge on any atom is -0.490 e. The summed E-state index contributed by atoms with van der Waals surface area (Å²) in [5.74, 6) is 0.986. The number of ether oxygens (including phenoxy) is 2. The Kier molecular flexibility index (Phi) is 11.7. The van der Waals surface area contributed by atoms with Gasteiger partial charge in [-0.2, -0.15) is 0 Å². The Morgan fingerprint density at radius 3 is 1.89 bits per heavy atom. The largest absolute Gasteiger partial charge is 0.490 e. The zero-order valence-corrected chi connectivity index (χ0v) is 18.6. The van der Waals surface area contributed by atoms with Crippen molar-refractivity contribution < 1.29 is 9.47 Å². The molecule has 0 radical (unpaired) electrons. The van der Waals surface area contributed by atoms with Gasteiger partial charge in [0.2, 0.25) is 0 Å². The van der Waals surface area contributed by atoms with Gasteiger partial charge in [0, 0.05) is 0 Å². The molecule has 0 saturated carbocycles. The first kappa shape index (κ1) is 23.3. The molecule has 1 unspecified atom stereocenters. The van der Waals surface area contributed by atoms with Gasteiger partial charge in [-0.1, -0.05) is 103 Å². The lowest BCUT2D eigenvalue weighted by Crippen LogP contribution is -2.16. The topological polar surface area (TPSA) is 21.8 Å². The molecule has 28 heavy (non-hydrogen) atoms. The zero-order valence-electron chi connectivity index (χ0n) is 18.6. The minimum absolute atomic E-state index is 0.0371. The first-order chi connectivity index (χ1) is 13.7. The first-order valence-electron chi connectivity index (χ1n) is 12.1. The van der Waals surface area contributed by atoms with Crippen LogP contribution in [0.4, 0.5) is 0 Å². The SMILES string of the molecule is CCCCCCCCCCCCCCCCc1cccc(OCC2(C)CO2)c1. The van der Waals surface area contributed by atoms with Crippen molar-refractivity contribution in [3.63, 3.8) is 0 Å². The van der Waals surface area contributed by atoms with E-state index in [0.29, 0.717) is 6.61 Å². The van der Waals surface area contributed by atoms with E-state index in [-0.39, 0.29) is 5.60 Å². The van der Waals surface area contributed by atoms with Crippen LogP contribution in [0.25, 0.3) is 0 Å². The molecule has 0 aliphatic carbocycles. The van der Waals surface area contributed by atoms with E-state index in [1.807, 2.05) is 0 Å². The van der Waals surface area contributed by atoms with Crippen LogP contribution in [0.3, 0.4) is 0 Å². The summed E-state index contributed by atoms with van der Waals surface area (Å²) >= 11 is 0. The van der Waals surface area contributed by atoms with Crippen LogP contribution in [0.5, 0.6) is 5.75 Å². The van der Waals surface area contributed by atoms with Crippen molar-refractivity contribution in [1.82, 2.24) is 0 Å². The molecule has 160 valence electrons. The van der Waals surface area contributed by atoms with Gasteiger partial charge >= 0.3 is 0 Å². The van der Waals surface area contributed by atoms with E-state index in [0.717, 1.165) is 12.4 Å². The molecule has 2 rings (SSSR count). The Hall–Kier alpha value is -1.02. The van der Waals surface area contributed by atoms with E-state index in [2.05, 4.69) is 38.1 Å². The van der Waals surface area contributed by atoms with E-state index in [9.17, 15) is 0 Å². The van der Waals surface area contributed by atoms with E-state index < -0.39 is 0 Å². The number of benzene rings is 1. The molecule has 1 aliphatic heterocycles. The number of unbranched alkanes of at least 4 members (excludes halogenated alkanes) is 13. The summed E-state index contributed by atoms with van der Waals surface area (Å²) in [5.41, 5.74) is 1.36. The molecule has 1 aromatic carbocycles. The summed E-state index contributed by atoms with van der Waals surface area (Å²) in [5, 5.41) is 0. The van der Waals surface area contributed by atoms with Gasteiger partial charge in [-0.3, -0.25) is 0 Å². The second-order valence-electron chi connectivity index (χ2n) is 9.02. The molecule has 0 N–H and O–H groups in total. The molecule has 1 atom stereocenters. The van der Waals surface area contributed by atoms with Crippen molar-refractivity contribution in [2.24, 2.45) is 0 Å². The van der Waals surface area contributed by atoms with Gasteiger partial charge < -0.3 is 9.47 Å². The summed E-state index contributed by atoms with van der Waals surface area (Å²) in [7, 11) is 0. The lowest BCUT2D eigenvalue weighted by Gasteiger charge is -2.10. The highest BCUT2D eigenvalue weighted by Crippen LogP contribution is 2.27. The molecule has 0 amide bonds. The minimum atomic E-state index is -0.0371. The maximum absolute atomic E-state index is 5.87.